The highest BCUT2D eigenvalue weighted by Gasteiger charge is 2.02. The molecule has 0 fully saturated rings. The molecule has 1 N–H and O–H groups in total. The predicted molar refractivity (Wildman–Crippen MR) is 73.0 cm³/mol. The molecule has 16 heavy (non-hydrogen) atoms. The van der Waals surface area contributed by atoms with Gasteiger partial charge >= 0.3 is 0 Å². The van der Waals surface area contributed by atoms with Crippen LogP contribution in [0.5, 0.6) is 0 Å². The Morgan fingerprint density at radius 2 is 2.06 bits per heavy atom. The van der Waals surface area contributed by atoms with Gasteiger partial charge in [0, 0.05) is 19.3 Å². The third-order valence-electron chi connectivity index (χ3n) is 2.59. The van der Waals surface area contributed by atoms with E-state index in [-0.39, 0.29) is 0 Å². The van der Waals surface area contributed by atoms with Crippen molar-refractivity contribution in [3.63, 3.8) is 0 Å². The van der Waals surface area contributed by atoms with Gasteiger partial charge < -0.3 is 10.2 Å². The van der Waals surface area contributed by atoms with Crippen LogP contribution >= 0.6 is 15.9 Å². The lowest BCUT2D eigenvalue weighted by Crippen LogP contribution is -2.28. The predicted octanol–water partition coefficient (Wildman–Crippen LogP) is 2.91. The third kappa shape index (κ3) is 4.10. The van der Waals surface area contributed by atoms with Crippen LogP contribution in [-0.2, 0) is 0 Å². The molecular formula is C12H20BrN3. The summed E-state index contributed by atoms with van der Waals surface area (Å²) in [6.45, 7) is 10.6. The van der Waals surface area contributed by atoms with Gasteiger partial charge in [-0.05, 0) is 47.6 Å². The van der Waals surface area contributed by atoms with Crippen LogP contribution in [0.25, 0.3) is 0 Å². The molecule has 1 aromatic heterocycles. The summed E-state index contributed by atoms with van der Waals surface area (Å²) < 4.78 is 1.03. The Labute approximate surface area is 106 Å². The Morgan fingerprint density at radius 1 is 1.38 bits per heavy atom. The quantitative estimate of drug-likeness (QED) is 0.871. The lowest BCUT2D eigenvalue weighted by Gasteiger charge is -2.18. The minimum atomic E-state index is 0.927. The second-order valence-corrected chi connectivity index (χ2v) is 4.65. The van der Waals surface area contributed by atoms with Crippen molar-refractivity contribution in [3.8, 4) is 0 Å². The van der Waals surface area contributed by atoms with Gasteiger partial charge in [0.2, 0.25) is 0 Å². The Balaban J connectivity index is 2.42. The van der Waals surface area contributed by atoms with Gasteiger partial charge in [-0.2, -0.15) is 0 Å². The number of hydrogen-bond acceptors (Lipinski definition) is 3. The number of likely N-dealkylation sites (N-methyl/N-ethyl adjacent to an activating group) is 1. The summed E-state index contributed by atoms with van der Waals surface area (Å²) in [4.78, 5) is 6.73. The second-order valence-electron chi connectivity index (χ2n) is 3.80. The zero-order valence-electron chi connectivity index (χ0n) is 10.3. The van der Waals surface area contributed by atoms with Gasteiger partial charge in [0.1, 0.15) is 5.82 Å². The fourth-order valence-electron chi connectivity index (χ4n) is 1.54. The maximum absolute atomic E-state index is 4.35. The van der Waals surface area contributed by atoms with Crippen molar-refractivity contribution in [3.05, 3.63) is 22.3 Å². The molecule has 90 valence electrons. The van der Waals surface area contributed by atoms with E-state index in [1.54, 1.807) is 0 Å². The van der Waals surface area contributed by atoms with E-state index in [2.05, 4.69) is 51.0 Å². The minimum Gasteiger partial charge on any atom is -0.368 e. The minimum absolute atomic E-state index is 0.927. The fraction of sp³-hybridized carbons (Fsp3) is 0.583. The Hall–Kier alpha value is -0.610. The van der Waals surface area contributed by atoms with E-state index < -0.39 is 0 Å². The summed E-state index contributed by atoms with van der Waals surface area (Å²) in [5.74, 6) is 0.928. The molecule has 0 aliphatic carbocycles. The van der Waals surface area contributed by atoms with E-state index in [9.17, 15) is 0 Å². The number of rotatable bonds is 6. The summed E-state index contributed by atoms with van der Waals surface area (Å²) in [6.07, 6.45) is 1.88. The van der Waals surface area contributed by atoms with Gasteiger partial charge in [-0.1, -0.05) is 13.8 Å². The summed E-state index contributed by atoms with van der Waals surface area (Å²) in [7, 11) is 0. The van der Waals surface area contributed by atoms with Gasteiger partial charge in [0.15, 0.2) is 0 Å². The van der Waals surface area contributed by atoms with Crippen molar-refractivity contribution in [1.82, 2.24) is 9.88 Å². The highest BCUT2D eigenvalue weighted by atomic mass is 79.9. The van der Waals surface area contributed by atoms with Crippen LogP contribution in [0.1, 0.15) is 19.4 Å². The number of aromatic nitrogens is 1. The van der Waals surface area contributed by atoms with E-state index in [1.165, 1.54) is 5.56 Å². The van der Waals surface area contributed by atoms with Gasteiger partial charge in [-0.25, -0.2) is 4.98 Å². The summed E-state index contributed by atoms with van der Waals surface area (Å²) >= 11 is 3.51. The monoisotopic (exact) mass is 285 g/mol. The number of halogens is 1. The second kappa shape index (κ2) is 6.86. The number of nitrogens with one attached hydrogen (secondary N) is 1. The lowest BCUT2D eigenvalue weighted by atomic mass is 10.3. The van der Waals surface area contributed by atoms with Crippen molar-refractivity contribution in [2.24, 2.45) is 0 Å². The molecule has 0 aliphatic heterocycles. The Bertz CT molecular complexity index is 324. The molecular weight excluding hydrogens is 266 g/mol. The zero-order chi connectivity index (χ0) is 12.0. The first kappa shape index (κ1) is 13.5. The normalized spacial score (nSPS) is 10.8. The van der Waals surface area contributed by atoms with Crippen molar-refractivity contribution >= 4 is 21.7 Å². The van der Waals surface area contributed by atoms with Crippen molar-refractivity contribution in [2.45, 2.75) is 20.8 Å². The first-order valence-corrected chi connectivity index (χ1v) is 6.55. The van der Waals surface area contributed by atoms with E-state index in [1.807, 2.05) is 13.1 Å². The first-order valence-electron chi connectivity index (χ1n) is 5.75. The molecule has 0 aliphatic rings. The van der Waals surface area contributed by atoms with E-state index in [0.717, 1.165) is 36.5 Å². The van der Waals surface area contributed by atoms with Crippen LogP contribution in [0.15, 0.2) is 16.7 Å². The smallest absolute Gasteiger partial charge is 0.140 e. The van der Waals surface area contributed by atoms with Crippen LogP contribution in [0, 0.1) is 6.92 Å². The van der Waals surface area contributed by atoms with Crippen molar-refractivity contribution in [1.29, 1.82) is 0 Å². The van der Waals surface area contributed by atoms with Gasteiger partial charge in [-0.15, -0.1) is 0 Å². The standard InChI is InChI=1S/C12H20BrN3/c1-4-16(5-2)7-6-14-12-11(13)8-10(3)9-15-12/h8-9H,4-7H2,1-3H3,(H,14,15). The average molecular weight is 286 g/mol. The molecule has 0 atom stereocenters. The molecule has 0 saturated carbocycles. The molecule has 1 rings (SSSR count). The van der Waals surface area contributed by atoms with Crippen molar-refractivity contribution < 1.29 is 0 Å². The van der Waals surface area contributed by atoms with Crippen LogP contribution in [0.3, 0.4) is 0 Å². The maximum Gasteiger partial charge on any atom is 0.140 e. The number of anilines is 1. The van der Waals surface area contributed by atoms with Crippen LogP contribution < -0.4 is 5.32 Å². The summed E-state index contributed by atoms with van der Waals surface area (Å²) in [5.41, 5.74) is 1.17. The Morgan fingerprint density at radius 3 is 2.62 bits per heavy atom. The SMILES string of the molecule is CCN(CC)CCNc1ncc(C)cc1Br. The molecule has 3 nitrogen and oxygen atoms in total. The maximum atomic E-state index is 4.35. The highest BCUT2D eigenvalue weighted by molar-refractivity contribution is 9.10. The zero-order valence-corrected chi connectivity index (χ0v) is 11.8. The molecule has 0 saturated heterocycles. The molecule has 1 heterocycles. The number of hydrogen-bond donors (Lipinski definition) is 1. The van der Waals surface area contributed by atoms with Crippen LogP contribution in [-0.4, -0.2) is 36.1 Å². The largest absolute Gasteiger partial charge is 0.368 e. The molecule has 0 spiro atoms. The molecule has 1 aromatic rings. The third-order valence-corrected chi connectivity index (χ3v) is 3.20. The van der Waals surface area contributed by atoms with Crippen molar-refractivity contribution in [2.75, 3.05) is 31.5 Å². The van der Waals surface area contributed by atoms with Crippen LogP contribution in [0.2, 0.25) is 0 Å². The summed E-state index contributed by atoms with van der Waals surface area (Å²) in [6, 6.07) is 2.08. The van der Waals surface area contributed by atoms with Crippen LogP contribution in [0.4, 0.5) is 5.82 Å². The van der Waals surface area contributed by atoms with E-state index in [4.69, 9.17) is 0 Å². The molecule has 0 unspecified atom stereocenters. The number of pyridine rings is 1. The topological polar surface area (TPSA) is 28.2 Å². The average Bonchev–Trinajstić information content (AvgIpc) is 2.27. The Kier molecular flexibility index (Phi) is 5.77. The first-order chi connectivity index (χ1) is 7.67. The number of aryl methyl sites for hydroxylation is 1. The van der Waals surface area contributed by atoms with Gasteiger partial charge in [0.05, 0.1) is 4.47 Å². The molecule has 0 aromatic carbocycles. The van der Waals surface area contributed by atoms with Gasteiger partial charge in [0.25, 0.3) is 0 Å². The van der Waals surface area contributed by atoms with E-state index >= 15 is 0 Å². The summed E-state index contributed by atoms with van der Waals surface area (Å²) in [5, 5.41) is 3.34. The highest BCUT2D eigenvalue weighted by Crippen LogP contribution is 2.19. The molecule has 4 heteroatoms. The molecule has 0 radical (unpaired) electrons. The van der Waals surface area contributed by atoms with Gasteiger partial charge in [-0.3, -0.25) is 0 Å². The van der Waals surface area contributed by atoms with E-state index in [0.29, 0.717) is 0 Å². The fourth-order valence-corrected chi connectivity index (χ4v) is 2.14. The lowest BCUT2D eigenvalue weighted by molar-refractivity contribution is 0.316. The molecule has 0 amide bonds. The molecule has 0 bridgehead atoms. The number of nitrogens with zero attached hydrogens (tertiary/aromatic N) is 2.